The van der Waals surface area contributed by atoms with Crippen LogP contribution in [0, 0.1) is 28.9 Å². The number of sulfone groups is 1. The summed E-state index contributed by atoms with van der Waals surface area (Å²) in [6.07, 6.45) is -0.882. The highest BCUT2D eigenvalue weighted by Gasteiger charge is 2.48. The summed E-state index contributed by atoms with van der Waals surface area (Å²) in [5.41, 5.74) is 0.364. The quantitative estimate of drug-likeness (QED) is 0.410. The SMILES string of the molecule is CC(COC(=O)Nc1ccc(C#N)cc1)C(C)(c1cc(F)ccc1F)S(=O)(=O)c1ccc(Cl)cc1. The highest BCUT2D eigenvalue weighted by molar-refractivity contribution is 7.92. The fourth-order valence-electron chi connectivity index (χ4n) is 3.55. The van der Waals surface area contributed by atoms with Gasteiger partial charge in [-0.25, -0.2) is 22.0 Å². The molecule has 2 unspecified atom stereocenters. The van der Waals surface area contributed by atoms with E-state index in [0.29, 0.717) is 16.3 Å². The molecule has 3 rings (SSSR count). The third-order valence-corrected chi connectivity index (χ3v) is 8.69. The van der Waals surface area contributed by atoms with Crippen LogP contribution in [-0.4, -0.2) is 21.1 Å². The van der Waals surface area contributed by atoms with Gasteiger partial charge < -0.3 is 4.74 Å². The second kappa shape index (κ2) is 10.4. The highest BCUT2D eigenvalue weighted by atomic mass is 35.5. The van der Waals surface area contributed by atoms with Crippen LogP contribution in [0.15, 0.2) is 71.6 Å². The van der Waals surface area contributed by atoms with Crippen LogP contribution in [0.2, 0.25) is 5.02 Å². The molecule has 0 fully saturated rings. The Morgan fingerprint density at radius 3 is 2.34 bits per heavy atom. The van der Waals surface area contributed by atoms with Gasteiger partial charge in [0.2, 0.25) is 0 Å². The fraction of sp³-hybridized carbons (Fsp3) is 0.200. The van der Waals surface area contributed by atoms with E-state index in [1.807, 2.05) is 6.07 Å². The Hall–Kier alpha value is -3.48. The summed E-state index contributed by atoms with van der Waals surface area (Å²) < 4.78 is 59.7. The first-order valence-corrected chi connectivity index (χ1v) is 12.2. The van der Waals surface area contributed by atoms with Crippen LogP contribution in [0.4, 0.5) is 19.3 Å². The second-order valence-corrected chi connectivity index (χ2v) is 10.8. The summed E-state index contributed by atoms with van der Waals surface area (Å²) in [4.78, 5) is 12.2. The number of carbonyl (C=O) groups is 1. The maximum atomic E-state index is 14.9. The molecular weight excluding hydrogens is 498 g/mol. The fourth-order valence-corrected chi connectivity index (χ4v) is 5.71. The standard InChI is InChI=1S/C25H21ClF2N2O4S/c1-16(15-34-24(31)30-20-8-3-17(14-29)4-9-20)25(2,22-13-19(27)7-12-23(22)28)35(32,33)21-10-5-18(26)6-11-21/h3-13,16H,15H2,1-2H3,(H,30,31). The predicted octanol–water partition coefficient (Wildman–Crippen LogP) is 6.06. The van der Waals surface area contributed by atoms with Crippen LogP contribution in [0.1, 0.15) is 25.0 Å². The minimum atomic E-state index is -4.33. The maximum Gasteiger partial charge on any atom is 0.411 e. The number of halogens is 3. The molecule has 0 radical (unpaired) electrons. The first kappa shape index (κ1) is 26.1. The van der Waals surface area contributed by atoms with Gasteiger partial charge in [0.05, 0.1) is 23.1 Å². The van der Waals surface area contributed by atoms with Crippen LogP contribution in [0.25, 0.3) is 0 Å². The van der Waals surface area contributed by atoms with Gasteiger partial charge in [-0.05, 0) is 73.7 Å². The molecule has 10 heteroatoms. The zero-order chi connectivity index (χ0) is 25.8. The molecular formula is C25H21ClF2N2O4S. The predicted molar refractivity (Wildman–Crippen MR) is 128 cm³/mol. The van der Waals surface area contributed by atoms with Crippen molar-refractivity contribution < 1.29 is 26.7 Å². The van der Waals surface area contributed by atoms with Crippen molar-refractivity contribution in [2.75, 3.05) is 11.9 Å². The molecule has 182 valence electrons. The lowest BCUT2D eigenvalue weighted by molar-refractivity contribution is 0.133. The Labute approximate surface area is 207 Å². The zero-order valence-corrected chi connectivity index (χ0v) is 20.3. The number of rotatable bonds is 7. The van der Waals surface area contributed by atoms with Crippen LogP contribution in [0.3, 0.4) is 0 Å². The second-order valence-electron chi connectivity index (χ2n) is 8.00. The van der Waals surface area contributed by atoms with Crippen molar-refractivity contribution in [1.82, 2.24) is 0 Å². The number of ether oxygens (including phenoxy) is 1. The lowest BCUT2D eigenvalue weighted by atomic mass is 9.87. The molecule has 0 saturated heterocycles. The Morgan fingerprint density at radius 1 is 1.11 bits per heavy atom. The average molecular weight is 519 g/mol. The number of hydrogen-bond acceptors (Lipinski definition) is 5. The number of nitrogens with zero attached hydrogens (tertiary/aromatic N) is 1. The first-order valence-electron chi connectivity index (χ1n) is 10.4. The normalized spacial score (nSPS) is 13.8. The molecule has 1 N–H and O–H groups in total. The topological polar surface area (TPSA) is 96.3 Å². The summed E-state index contributed by atoms with van der Waals surface area (Å²) >= 11 is 5.88. The van der Waals surface area contributed by atoms with E-state index in [-0.39, 0.29) is 4.90 Å². The third-order valence-electron chi connectivity index (χ3n) is 5.81. The minimum absolute atomic E-state index is 0.151. The van der Waals surface area contributed by atoms with E-state index in [1.54, 1.807) is 0 Å². The number of anilines is 1. The van der Waals surface area contributed by atoms with E-state index in [2.05, 4.69) is 5.32 Å². The van der Waals surface area contributed by atoms with Crippen LogP contribution >= 0.6 is 11.6 Å². The van der Waals surface area contributed by atoms with Gasteiger partial charge in [-0.2, -0.15) is 5.26 Å². The van der Waals surface area contributed by atoms with Gasteiger partial charge in [-0.15, -0.1) is 0 Å². The van der Waals surface area contributed by atoms with E-state index in [0.717, 1.165) is 18.2 Å². The van der Waals surface area contributed by atoms with Crippen LogP contribution in [-0.2, 0) is 19.3 Å². The molecule has 35 heavy (non-hydrogen) atoms. The van der Waals surface area contributed by atoms with Crippen molar-refractivity contribution in [1.29, 1.82) is 5.26 Å². The Bertz CT molecular complexity index is 1370. The molecule has 0 heterocycles. The van der Waals surface area contributed by atoms with Crippen LogP contribution < -0.4 is 5.32 Å². The number of nitriles is 1. The van der Waals surface area contributed by atoms with E-state index >= 15 is 0 Å². The van der Waals surface area contributed by atoms with Crippen molar-refractivity contribution in [3.63, 3.8) is 0 Å². The van der Waals surface area contributed by atoms with Crippen molar-refractivity contribution in [2.45, 2.75) is 23.5 Å². The van der Waals surface area contributed by atoms with Gasteiger partial charge in [-0.3, -0.25) is 5.32 Å². The number of carbonyl (C=O) groups excluding carboxylic acids is 1. The molecule has 2 atom stereocenters. The molecule has 3 aromatic carbocycles. The van der Waals surface area contributed by atoms with Crippen LogP contribution in [0.5, 0.6) is 0 Å². The molecule has 0 spiro atoms. The minimum Gasteiger partial charge on any atom is -0.449 e. The van der Waals surface area contributed by atoms with Gasteiger partial charge in [-0.1, -0.05) is 18.5 Å². The average Bonchev–Trinajstić information content (AvgIpc) is 2.84. The molecule has 0 aliphatic heterocycles. The number of amides is 1. The van der Waals surface area contributed by atoms with Gasteiger partial charge >= 0.3 is 6.09 Å². The van der Waals surface area contributed by atoms with Gasteiger partial charge in [0.25, 0.3) is 0 Å². The van der Waals surface area contributed by atoms with Crippen molar-refractivity contribution in [3.8, 4) is 6.07 Å². The van der Waals surface area contributed by atoms with E-state index in [9.17, 15) is 22.0 Å². The molecule has 0 aliphatic carbocycles. The lowest BCUT2D eigenvalue weighted by Crippen LogP contribution is -2.42. The third kappa shape index (κ3) is 5.45. The van der Waals surface area contributed by atoms with Crippen molar-refractivity contribution in [2.24, 2.45) is 5.92 Å². The highest BCUT2D eigenvalue weighted by Crippen LogP contribution is 2.43. The summed E-state index contributed by atoms with van der Waals surface area (Å²) in [5.74, 6) is -2.74. The number of benzene rings is 3. The molecule has 0 aromatic heterocycles. The lowest BCUT2D eigenvalue weighted by Gasteiger charge is -2.35. The molecule has 6 nitrogen and oxygen atoms in total. The van der Waals surface area contributed by atoms with E-state index in [1.165, 1.54) is 62.4 Å². The van der Waals surface area contributed by atoms with Gasteiger partial charge in [0.1, 0.15) is 16.4 Å². The molecule has 1 amide bonds. The smallest absolute Gasteiger partial charge is 0.411 e. The van der Waals surface area contributed by atoms with E-state index in [4.69, 9.17) is 21.6 Å². The largest absolute Gasteiger partial charge is 0.449 e. The Kier molecular flexibility index (Phi) is 7.78. The Balaban J connectivity index is 1.92. The maximum absolute atomic E-state index is 14.9. The molecule has 0 aliphatic rings. The number of hydrogen-bond donors (Lipinski definition) is 1. The molecule has 0 bridgehead atoms. The monoisotopic (exact) mass is 518 g/mol. The molecule has 0 saturated carbocycles. The van der Waals surface area contributed by atoms with Gasteiger partial charge in [0.15, 0.2) is 9.84 Å². The van der Waals surface area contributed by atoms with Gasteiger partial charge in [0, 0.05) is 22.2 Å². The Morgan fingerprint density at radius 2 is 1.74 bits per heavy atom. The van der Waals surface area contributed by atoms with Crippen molar-refractivity contribution >= 4 is 33.2 Å². The summed E-state index contributed by atoms with van der Waals surface area (Å²) in [6.45, 7) is 2.30. The summed E-state index contributed by atoms with van der Waals surface area (Å²) in [5, 5.41) is 11.6. The summed E-state index contributed by atoms with van der Waals surface area (Å²) in [7, 11) is -4.33. The van der Waals surface area contributed by atoms with Crippen molar-refractivity contribution in [3.05, 3.63) is 94.5 Å². The summed E-state index contributed by atoms with van der Waals surface area (Å²) in [6, 6.07) is 15.8. The zero-order valence-electron chi connectivity index (χ0n) is 18.8. The number of nitrogens with one attached hydrogen (secondary N) is 1. The first-order chi connectivity index (χ1) is 16.5. The molecule has 3 aromatic rings. The van der Waals surface area contributed by atoms with E-state index < -0.39 is 50.4 Å².